The van der Waals surface area contributed by atoms with Crippen LogP contribution in [0.25, 0.3) is 16.9 Å². The number of aromatic nitrogens is 1. The Labute approximate surface area is 142 Å². The van der Waals surface area contributed by atoms with E-state index in [0.717, 1.165) is 27.1 Å². The number of nitrogens with zero attached hydrogens (tertiary/aromatic N) is 1. The van der Waals surface area contributed by atoms with Crippen molar-refractivity contribution in [3.8, 4) is 16.9 Å². The number of rotatable bonds is 2. The van der Waals surface area contributed by atoms with Gasteiger partial charge in [0.05, 0.1) is 15.7 Å². The second kappa shape index (κ2) is 5.88. The SMILES string of the molecule is Cc1ccc(-c2ccc(Br)cc2)n1-c1ccc(Cl)c(Cl)c1. The lowest BCUT2D eigenvalue weighted by atomic mass is 10.1. The minimum Gasteiger partial charge on any atom is -0.314 e. The summed E-state index contributed by atoms with van der Waals surface area (Å²) in [7, 11) is 0. The highest BCUT2D eigenvalue weighted by Crippen LogP contribution is 2.30. The summed E-state index contributed by atoms with van der Waals surface area (Å²) in [6, 6.07) is 18.2. The quantitative estimate of drug-likeness (QED) is 0.476. The summed E-state index contributed by atoms with van der Waals surface area (Å²) in [4.78, 5) is 0. The number of benzene rings is 2. The average molecular weight is 381 g/mol. The topological polar surface area (TPSA) is 4.93 Å². The fraction of sp³-hybridized carbons (Fsp3) is 0.0588. The van der Waals surface area contributed by atoms with Crippen molar-refractivity contribution >= 4 is 39.1 Å². The van der Waals surface area contributed by atoms with Gasteiger partial charge in [0.15, 0.2) is 0 Å². The zero-order chi connectivity index (χ0) is 15.0. The second-order valence-corrected chi connectivity index (χ2v) is 6.53. The van der Waals surface area contributed by atoms with Crippen LogP contribution in [-0.2, 0) is 0 Å². The molecule has 0 aliphatic rings. The molecule has 3 aromatic rings. The van der Waals surface area contributed by atoms with E-state index in [1.807, 2.05) is 30.3 Å². The Bertz CT molecular complexity index is 791. The van der Waals surface area contributed by atoms with Gasteiger partial charge in [-0.2, -0.15) is 0 Å². The molecule has 1 nitrogen and oxygen atoms in total. The number of aryl methyl sites for hydroxylation is 1. The highest BCUT2D eigenvalue weighted by Gasteiger charge is 2.10. The van der Waals surface area contributed by atoms with Crippen LogP contribution in [0.15, 0.2) is 59.1 Å². The van der Waals surface area contributed by atoms with E-state index in [-0.39, 0.29) is 0 Å². The van der Waals surface area contributed by atoms with Crippen LogP contribution >= 0.6 is 39.1 Å². The van der Waals surface area contributed by atoms with Crippen LogP contribution in [0, 0.1) is 6.92 Å². The smallest absolute Gasteiger partial charge is 0.0613 e. The third kappa shape index (κ3) is 2.89. The van der Waals surface area contributed by atoms with E-state index in [1.54, 1.807) is 0 Å². The Morgan fingerprint density at radius 3 is 2.24 bits per heavy atom. The molecule has 0 N–H and O–H groups in total. The molecular weight excluding hydrogens is 369 g/mol. The lowest BCUT2D eigenvalue weighted by molar-refractivity contribution is 1.02. The Morgan fingerprint density at radius 2 is 1.57 bits per heavy atom. The fourth-order valence-electron chi connectivity index (χ4n) is 2.35. The summed E-state index contributed by atoms with van der Waals surface area (Å²) >= 11 is 15.6. The van der Waals surface area contributed by atoms with Crippen LogP contribution < -0.4 is 0 Å². The van der Waals surface area contributed by atoms with Crippen LogP contribution in [0.1, 0.15) is 5.69 Å². The standard InChI is InChI=1S/C17H12BrCl2N/c1-11-2-9-17(12-3-5-13(18)6-4-12)21(11)14-7-8-15(19)16(20)10-14/h2-10H,1H3. The van der Waals surface area contributed by atoms with Gasteiger partial charge in [-0.15, -0.1) is 0 Å². The molecule has 21 heavy (non-hydrogen) atoms. The normalized spacial score (nSPS) is 10.9. The molecule has 0 amide bonds. The third-order valence-corrected chi connectivity index (χ3v) is 4.65. The Morgan fingerprint density at radius 1 is 0.857 bits per heavy atom. The molecule has 2 aromatic carbocycles. The molecule has 0 unspecified atom stereocenters. The van der Waals surface area contributed by atoms with E-state index in [9.17, 15) is 0 Å². The van der Waals surface area contributed by atoms with E-state index in [4.69, 9.17) is 23.2 Å². The molecule has 0 atom stereocenters. The highest BCUT2D eigenvalue weighted by atomic mass is 79.9. The molecule has 4 heteroatoms. The van der Waals surface area contributed by atoms with Crippen LogP contribution in [-0.4, -0.2) is 4.57 Å². The summed E-state index contributed by atoms with van der Waals surface area (Å²) in [5.74, 6) is 0. The summed E-state index contributed by atoms with van der Waals surface area (Å²) in [5, 5.41) is 1.12. The van der Waals surface area contributed by atoms with E-state index in [1.165, 1.54) is 0 Å². The van der Waals surface area contributed by atoms with Gasteiger partial charge in [0.2, 0.25) is 0 Å². The van der Waals surface area contributed by atoms with Gasteiger partial charge in [-0.05, 0) is 55.0 Å². The number of hydrogen-bond donors (Lipinski definition) is 0. The molecule has 0 saturated heterocycles. The summed E-state index contributed by atoms with van der Waals surface area (Å²) < 4.78 is 3.24. The number of hydrogen-bond acceptors (Lipinski definition) is 0. The molecule has 0 bridgehead atoms. The van der Waals surface area contributed by atoms with Gasteiger partial charge in [0, 0.05) is 15.9 Å². The Balaban J connectivity index is 2.16. The molecule has 0 radical (unpaired) electrons. The summed E-state index contributed by atoms with van der Waals surface area (Å²) in [5.41, 5.74) is 4.42. The first kappa shape index (κ1) is 14.7. The molecule has 0 aliphatic heterocycles. The average Bonchev–Trinajstić information content (AvgIpc) is 2.85. The van der Waals surface area contributed by atoms with Gasteiger partial charge in [-0.1, -0.05) is 51.3 Å². The number of halogens is 3. The summed E-state index contributed by atoms with van der Waals surface area (Å²) in [6.45, 7) is 2.07. The van der Waals surface area contributed by atoms with Gasteiger partial charge in [-0.25, -0.2) is 0 Å². The monoisotopic (exact) mass is 379 g/mol. The highest BCUT2D eigenvalue weighted by molar-refractivity contribution is 9.10. The predicted molar refractivity (Wildman–Crippen MR) is 93.7 cm³/mol. The van der Waals surface area contributed by atoms with Gasteiger partial charge in [0.25, 0.3) is 0 Å². The molecule has 0 aliphatic carbocycles. The van der Waals surface area contributed by atoms with Crippen molar-refractivity contribution < 1.29 is 0 Å². The fourth-order valence-corrected chi connectivity index (χ4v) is 2.91. The molecule has 0 saturated carbocycles. The van der Waals surface area contributed by atoms with E-state index in [2.05, 4.69) is 51.7 Å². The van der Waals surface area contributed by atoms with Crippen LogP contribution in [0.3, 0.4) is 0 Å². The van der Waals surface area contributed by atoms with Gasteiger partial charge in [-0.3, -0.25) is 0 Å². The largest absolute Gasteiger partial charge is 0.314 e. The van der Waals surface area contributed by atoms with Gasteiger partial charge >= 0.3 is 0 Å². The molecule has 106 valence electrons. The van der Waals surface area contributed by atoms with Crippen molar-refractivity contribution in [2.45, 2.75) is 6.92 Å². The van der Waals surface area contributed by atoms with E-state index in [0.29, 0.717) is 10.0 Å². The predicted octanol–water partition coefficient (Wildman–Crippen LogP) is 6.52. The van der Waals surface area contributed by atoms with Crippen LogP contribution in [0.2, 0.25) is 10.0 Å². The molecule has 1 heterocycles. The van der Waals surface area contributed by atoms with Crippen molar-refractivity contribution in [3.63, 3.8) is 0 Å². The Hall–Kier alpha value is -1.22. The van der Waals surface area contributed by atoms with Gasteiger partial charge < -0.3 is 4.57 Å². The summed E-state index contributed by atoms with van der Waals surface area (Å²) in [6.07, 6.45) is 0. The lowest BCUT2D eigenvalue weighted by Gasteiger charge is -2.13. The van der Waals surface area contributed by atoms with Crippen molar-refractivity contribution in [2.75, 3.05) is 0 Å². The zero-order valence-electron chi connectivity index (χ0n) is 11.3. The minimum atomic E-state index is 0.559. The van der Waals surface area contributed by atoms with Crippen molar-refractivity contribution in [1.82, 2.24) is 4.57 Å². The Kier molecular flexibility index (Phi) is 4.12. The molecule has 1 aromatic heterocycles. The van der Waals surface area contributed by atoms with Crippen molar-refractivity contribution in [3.05, 3.63) is 74.8 Å². The second-order valence-electron chi connectivity index (χ2n) is 4.80. The maximum atomic E-state index is 6.15. The van der Waals surface area contributed by atoms with Gasteiger partial charge in [0.1, 0.15) is 0 Å². The molecular formula is C17H12BrCl2N. The van der Waals surface area contributed by atoms with Crippen molar-refractivity contribution in [2.24, 2.45) is 0 Å². The van der Waals surface area contributed by atoms with E-state index >= 15 is 0 Å². The first-order valence-electron chi connectivity index (χ1n) is 6.46. The first-order chi connectivity index (χ1) is 10.1. The van der Waals surface area contributed by atoms with Crippen molar-refractivity contribution in [1.29, 1.82) is 0 Å². The molecule has 0 fully saturated rings. The molecule has 0 spiro atoms. The maximum Gasteiger partial charge on any atom is 0.0613 e. The minimum absolute atomic E-state index is 0.559. The maximum absolute atomic E-state index is 6.15. The lowest BCUT2D eigenvalue weighted by Crippen LogP contribution is -1.99. The molecule has 3 rings (SSSR count). The van der Waals surface area contributed by atoms with E-state index < -0.39 is 0 Å². The zero-order valence-corrected chi connectivity index (χ0v) is 14.4. The van der Waals surface area contributed by atoms with Crippen LogP contribution in [0.5, 0.6) is 0 Å². The van der Waals surface area contributed by atoms with Crippen LogP contribution in [0.4, 0.5) is 0 Å². The third-order valence-electron chi connectivity index (χ3n) is 3.38. The first-order valence-corrected chi connectivity index (χ1v) is 8.01.